The third kappa shape index (κ3) is 6.69. The van der Waals surface area contributed by atoms with Gasteiger partial charge in [0.15, 0.2) is 15.8 Å². The van der Waals surface area contributed by atoms with Crippen molar-refractivity contribution in [3.8, 4) is 11.5 Å². The summed E-state index contributed by atoms with van der Waals surface area (Å²) in [6.45, 7) is 6.36. The van der Waals surface area contributed by atoms with Crippen LogP contribution in [-0.2, 0) is 10.2 Å². The maximum Gasteiger partial charge on any atom is 0.257 e. The summed E-state index contributed by atoms with van der Waals surface area (Å²) in [5.74, 6) is 0.797. The molecule has 0 aliphatic rings. The lowest BCUT2D eigenvalue weighted by Crippen LogP contribution is -2.14. The largest absolute Gasteiger partial charge is 0.493 e. The molecule has 0 saturated carbocycles. The molecule has 0 bridgehead atoms. The van der Waals surface area contributed by atoms with Crippen molar-refractivity contribution in [2.24, 2.45) is 0 Å². The van der Waals surface area contributed by atoms with Crippen molar-refractivity contribution in [2.75, 3.05) is 30.6 Å². The zero-order chi connectivity index (χ0) is 24.0. The van der Waals surface area contributed by atoms with Gasteiger partial charge in [-0.15, -0.1) is 10.2 Å². The van der Waals surface area contributed by atoms with Crippen LogP contribution < -0.4 is 20.1 Å². The first-order chi connectivity index (χ1) is 15.7. The van der Waals surface area contributed by atoms with Crippen LogP contribution in [0.4, 0.5) is 10.8 Å². The predicted molar refractivity (Wildman–Crippen MR) is 132 cm³/mol. The fourth-order valence-corrected chi connectivity index (χ4v) is 4.39. The quantitative estimate of drug-likeness (QED) is 0.347. The van der Waals surface area contributed by atoms with E-state index in [0.717, 1.165) is 5.56 Å². The molecule has 0 atom stereocenters. The Balaban J connectivity index is 1.52. The van der Waals surface area contributed by atoms with Gasteiger partial charge >= 0.3 is 0 Å². The first-order valence-electron chi connectivity index (χ1n) is 10.1. The van der Waals surface area contributed by atoms with E-state index in [4.69, 9.17) is 9.47 Å². The Hall–Kier alpha value is -3.11. The molecular weight excluding hydrogens is 460 g/mol. The highest BCUT2D eigenvalue weighted by Crippen LogP contribution is 2.30. The first-order valence-corrected chi connectivity index (χ1v) is 11.9. The SMILES string of the molecule is COc1ccc(NC(=O)CSc2nnc(NC(=O)c3ccc(C(C)(C)C)cc3)s2)cc1OC. The van der Waals surface area contributed by atoms with Crippen molar-refractivity contribution in [3.63, 3.8) is 0 Å². The van der Waals surface area contributed by atoms with E-state index in [2.05, 4.69) is 41.6 Å². The topological polar surface area (TPSA) is 102 Å². The summed E-state index contributed by atoms with van der Waals surface area (Å²) < 4.78 is 11.0. The molecule has 8 nitrogen and oxygen atoms in total. The predicted octanol–water partition coefficient (Wildman–Crippen LogP) is 4.84. The molecule has 3 rings (SSSR count). The lowest BCUT2D eigenvalue weighted by Gasteiger charge is -2.18. The van der Waals surface area contributed by atoms with E-state index < -0.39 is 0 Å². The van der Waals surface area contributed by atoms with Crippen molar-refractivity contribution in [2.45, 2.75) is 30.5 Å². The lowest BCUT2D eigenvalue weighted by atomic mass is 9.87. The number of nitrogens with zero attached hydrogens (tertiary/aromatic N) is 2. The molecule has 10 heteroatoms. The van der Waals surface area contributed by atoms with Crippen molar-refractivity contribution in [3.05, 3.63) is 53.6 Å². The van der Waals surface area contributed by atoms with Crippen molar-refractivity contribution < 1.29 is 19.1 Å². The van der Waals surface area contributed by atoms with E-state index in [1.54, 1.807) is 37.4 Å². The average Bonchev–Trinajstić information content (AvgIpc) is 3.24. The molecule has 1 heterocycles. The number of hydrogen-bond donors (Lipinski definition) is 2. The Bertz CT molecular complexity index is 1120. The molecule has 3 aromatic rings. The number of carbonyl (C=O) groups is 2. The molecule has 0 fully saturated rings. The van der Waals surface area contributed by atoms with Crippen LogP contribution in [0.25, 0.3) is 0 Å². The maximum absolute atomic E-state index is 12.5. The van der Waals surface area contributed by atoms with E-state index in [1.165, 1.54) is 30.2 Å². The van der Waals surface area contributed by atoms with Crippen molar-refractivity contribution in [1.29, 1.82) is 0 Å². The summed E-state index contributed by atoms with van der Waals surface area (Å²) in [5.41, 5.74) is 2.31. The normalized spacial score (nSPS) is 11.1. The monoisotopic (exact) mass is 486 g/mol. The molecule has 33 heavy (non-hydrogen) atoms. The number of hydrogen-bond acceptors (Lipinski definition) is 8. The number of rotatable bonds is 8. The van der Waals surface area contributed by atoms with Gasteiger partial charge in [0, 0.05) is 17.3 Å². The third-order valence-corrected chi connectivity index (χ3v) is 6.61. The minimum absolute atomic E-state index is 0.0199. The highest BCUT2D eigenvalue weighted by molar-refractivity contribution is 8.01. The van der Waals surface area contributed by atoms with Crippen molar-refractivity contribution >= 4 is 45.7 Å². The summed E-state index contributed by atoms with van der Waals surface area (Å²) in [7, 11) is 3.08. The third-order valence-electron chi connectivity index (χ3n) is 4.63. The number of nitrogens with one attached hydrogen (secondary N) is 2. The van der Waals surface area contributed by atoms with E-state index >= 15 is 0 Å². The van der Waals surface area contributed by atoms with Gasteiger partial charge in [0.1, 0.15) is 0 Å². The van der Waals surface area contributed by atoms with Crippen LogP contribution in [0.3, 0.4) is 0 Å². The Labute approximate surface area is 201 Å². The van der Waals surface area contributed by atoms with Crippen molar-refractivity contribution in [1.82, 2.24) is 10.2 Å². The number of methoxy groups -OCH3 is 2. The van der Waals surface area contributed by atoms with Crippen LogP contribution in [0.5, 0.6) is 11.5 Å². The molecule has 0 spiro atoms. The van der Waals surface area contributed by atoms with Crippen LogP contribution in [-0.4, -0.2) is 42.0 Å². The fourth-order valence-electron chi connectivity index (χ4n) is 2.85. The van der Waals surface area contributed by atoms with Gasteiger partial charge in [0.2, 0.25) is 11.0 Å². The Morgan fingerprint density at radius 3 is 2.30 bits per heavy atom. The van der Waals surface area contributed by atoms with Gasteiger partial charge in [0.05, 0.1) is 20.0 Å². The van der Waals surface area contributed by atoms with Gasteiger partial charge in [-0.05, 0) is 35.2 Å². The second-order valence-corrected chi connectivity index (χ2v) is 10.3. The van der Waals surface area contributed by atoms with Gasteiger partial charge < -0.3 is 14.8 Å². The van der Waals surface area contributed by atoms with Gasteiger partial charge in [-0.2, -0.15) is 0 Å². The number of benzene rings is 2. The molecule has 0 aliphatic heterocycles. The highest BCUT2D eigenvalue weighted by atomic mass is 32.2. The van der Waals surface area contributed by atoms with E-state index in [0.29, 0.717) is 32.2 Å². The van der Waals surface area contributed by atoms with Crippen LogP contribution >= 0.6 is 23.1 Å². The second kappa shape index (κ2) is 10.7. The number of thioether (sulfide) groups is 1. The van der Waals surface area contributed by atoms with Gasteiger partial charge in [-0.1, -0.05) is 56.0 Å². The number of amides is 2. The van der Waals surface area contributed by atoms with E-state index in [1.807, 2.05) is 12.1 Å². The minimum Gasteiger partial charge on any atom is -0.493 e. The van der Waals surface area contributed by atoms with Gasteiger partial charge in [0.25, 0.3) is 5.91 Å². The highest BCUT2D eigenvalue weighted by Gasteiger charge is 2.16. The van der Waals surface area contributed by atoms with Gasteiger partial charge in [-0.3, -0.25) is 14.9 Å². The minimum atomic E-state index is -0.255. The molecule has 0 unspecified atom stereocenters. The zero-order valence-corrected chi connectivity index (χ0v) is 20.7. The number of carbonyl (C=O) groups excluding carboxylic acids is 2. The molecule has 0 radical (unpaired) electrons. The van der Waals surface area contributed by atoms with Crippen LogP contribution in [0.1, 0.15) is 36.7 Å². The van der Waals surface area contributed by atoms with Crippen LogP contribution in [0.15, 0.2) is 46.8 Å². The van der Waals surface area contributed by atoms with E-state index in [-0.39, 0.29) is 23.0 Å². The molecule has 2 N–H and O–H groups in total. The lowest BCUT2D eigenvalue weighted by molar-refractivity contribution is -0.113. The van der Waals surface area contributed by atoms with Gasteiger partial charge in [-0.25, -0.2) is 0 Å². The standard InChI is InChI=1S/C23H26N4O4S2/c1-23(2,3)15-8-6-14(7-9-15)20(29)25-21-26-27-22(33-21)32-13-19(28)24-16-10-11-17(30-4)18(12-16)31-5/h6-12H,13H2,1-5H3,(H,24,28)(H,25,26,29). The summed E-state index contributed by atoms with van der Waals surface area (Å²) in [4.78, 5) is 24.8. The number of aromatic nitrogens is 2. The fraction of sp³-hybridized carbons (Fsp3) is 0.304. The molecule has 0 aliphatic carbocycles. The summed E-state index contributed by atoms with van der Waals surface area (Å²) in [6, 6.07) is 12.6. The number of anilines is 2. The molecule has 2 aromatic carbocycles. The van der Waals surface area contributed by atoms with E-state index in [9.17, 15) is 9.59 Å². The maximum atomic E-state index is 12.5. The molecule has 0 saturated heterocycles. The number of ether oxygens (including phenoxy) is 2. The summed E-state index contributed by atoms with van der Waals surface area (Å²) in [6.07, 6.45) is 0. The smallest absolute Gasteiger partial charge is 0.257 e. The second-order valence-electron chi connectivity index (χ2n) is 8.06. The Morgan fingerprint density at radius 2 is 1.67 bits per heavy atom. The van der Waals surface area contributed by atoms with Crippen LogP contribution in [0.2, 0.25) is 0 Å². The molecule has 1 aromatic heterocycles. The molecule has 2 amide bonds. The molecular formula is C23H26N4O4S2. The molecule has 174 valence electrons. The average molecular weight is 487 g/mol. The Morgan fingerprint density at radius 1 is 0.970 bits per heavy atom. The Kier molecular flexibility index (Phi) is 7.93. The zero-order valence-electron chi connectivity index (χ0n) is 19.1. The van der Waals surface area contributed by atoms with Crippen LogP contribution in [0, 0.1) is 0 Å². The first kappa shape index (κ1) is 24.5. The summed E-state index contributed by atoms with van der Waals surface area (Å²) in [5, 5.41) is 14.0. The summed E-state index contributed by atoms with van der Waals surface area (Å²) >= 11 is 2.45.